The Morgan fingerprint density at radius 3 is 2.73 bits per heavy atom. The predicted molar refractivity (Wildman–Crippen MR) is 102 cm³/mol. The van der Waals surface area contributed by atoms with Crippen LogP contribution in [0.1, 0.15) is 25.5 Å². The average Bonchev–Trinajstić information content (AvgIpc) is 2.63. The number of benzene rings is 1. The lowest BCUT2D eigenvalue weighted by Crippen LogP contribution is -2.47. The Kier molecular flexibility index (Phi) is 6.75. The van der Waals surface area contributed by atoms with Crippen LogP contribution in [0.2, 0.25) is 0 Å². The Hall–Kier alpha value is -2.85. The fourth-order valence-corrected chi connectivity index (χ4v) is 3.05. The van der Waals surface area contributed by atoms with Gasteiger partial charge < -0.3 is 19.7 Å². The fraction of sp³-hybridized carbons (Fsp3) is 0.316. The van der Waals surface area contributed by atoms with Gasteiger partial charge in [-0.25, -0.2) is 4.79 Å². The van der Waals surface area contributed by atoms with Crippen molar-refractivity contribution in [3.63, 3.8) is 0 Å². The summed E-state index contributed by atoms with van der Waals surface area (Å²) >= 11 is 5.45. The van der Waals surface area contributed by atoms with Crippen molar-refractivity contribution in [3.05, 3.63) is 53.8 Å². The van der Waals surface area contributed by atoms with Gasteiger partial charge in [0.25, 0.3) is 0 Å². The average molecular weight is 371 g/mol. The number of ether oxygens (including phenoxy) is 2. The van der Waals surface area contributed by atoms with E-state index in [2.05, 4.69) is 11.9 Å². The number of nitriles is 1. The molecule has 0 unspecified atom stereocenters. The van der Waals surface area contributed by atoms with E-state index in [4.69, 9.17) is 27.0 Å². The van der Waals surface area contributed by atoms with Gasteiger partial charge in [0.1, 0.15) is 11.8 Å². The highest BCUT2D eigenvalue weighted by atomic mass is 32.1. The summed E-state index contributed by atoms with van der Waals surface area (Å²) < 4.78 is 10.5. The summed E-state index contributed by atoms with van der Waals surface area (Å²) in [5.74, 6) is 0.198. The normalized spacial score (nSPS) is 16.6. The minimum atomic E-state index is -0.423. The molecule has 0 saturated heterocycles. The molecular weight excluding hydrogens is 350 g/mol. The maximum Gasteiger partial charge on any atom is 0.338 e. The zero-order chi connectivity index (χ0) is 19.1. The molecule has 2 rings (SSSR count). The molecule has 1 N–H and O–H groups in total. The van der Waals surface area contributed by atoms with Crippen molar-refractivity contribution in [2.24, 2.45) is 0 Å². The first-order valence-corrected chi connectivity index (χ1v) is 8.60. The monoisotopic (exact) mass is 371 g/mol. The van der Waals surface area contributed by atoms with Gasteiger partial charge >= 0.3 is 5.97 Å². The van der Waals surface area contributed by atoms with Gasteiger partial charge in [-0.2, -0.15) is 5.26 Å². The van der Waals surface area contributed by atoms with E-state index >= 15 is 0 Å². The van der Waals surface area contributed by atoms with E-state index in [1.807, 2.05) is 30.0 Å². The van der Waals surface area contributed by atoms with Gasteiger partial charge in [0.05, 0.1) is 18.2 Å². The molecule has 136 valence electrons. The Morgan fingerprint density at radius 1 is 1.46 bits per heavy atom. The van der Waals surface area contributed by atoms with Gasteiger partial charge in [0.15, 0.2) is 11.7 Å². The van der Waals surface area contributed by atoms with Crippen molar-refractivity contribution >= 4 is 23.3 Å². The largest absolute Gasteiger partial charge is 0.479 e. The van der Waals surface area contributed by atoms with E-state index in [0.717, 1.165) is 11.3 Å². The zero-order valence-electron chi connectivity index (χ0n) is 14.8. The molecule has 7 heteroatoms. The molecule has 0 aromatic heterocycles. The van der Waals surface area contributed by atoms with Crippen molar-refractivity contribution < 1.29 is 14.3 Å². The van der Waals surface area contributed by atoms with Crippen LogP contribution in [0.3, 0.4) is 0 Å². The van der Waals surface area contributed by atoms with Crippen LogP contribution in [0.4, 0.5) is 0 Å². The number of allylic oxidation sites excluding steroid dienone is 1. The Bertz CT molecular complexity index is 765. The molecule has 0 bridgehead atoms. The molecule has 1 heterocycles. The second-order valence-corrected chi connectivity index (χ2v) is 5.90. The van der Waals surface area contributed by atoms with E-state index in [0.29, 0.717) is 23.0 Å². The molecule has 1 aliphatic rings. The molecule has 26 heavy (non-hydrogen) atoms. The van der Waals surface area contributed by atoms with Crippen LogP contribution < -0.4 is 10.1 Å². The first-order chi connectivity index (χ1) is 12.5. The van der Waals surface area contributed by atoms with Gasteiger partial charge in [-0.15, -0.1) is 6.58 Å². The first-order valence-electron chi connectivity index (χ1n) is 8.20. The fourth-order valence-electron chi connectivity index (χ4n) is 2.73. The number of carbonyl (C=O) groups is 1. The Morgan fingerprint density at radius 2 is 2.15 bits per heavy atom. The molecule has 6 nitrogen and oxygen atoms in total. The lowest BCUT2D eigenvalue weighted by molar-refractivity contribution is -0.139. The molecule has 1 aromatic rings. The molecule has 0 radical (unpaired) electrons. The van der Waals surface area contributed by atoms with Crippen LogP contribution in [-0.2, 0) is 9.53 Å². The van der Waals surface area contributed by atoms with Crippen LogP contribution >= 0.6 is 12.2 Å². The van der Waals surface area contributed by atoms with E-state index in [9.17, 15) is 4.79 Å². The number of nitrogens with zero attached hydrogens (tertiary/aromatic N) is 2. The standard InChI is InChI=1S/C19H21N3O3S/c1-4-11-22-13(3)16(18(23)24-5-2)17(21-19(22)26)14-6-8-15(9-7-14)25-12-10-20/h4,6-9,17H,1,5,11-12H2,2-3H3,(H,21,26)/t17-/m1/s1. The third-order valence-electron chi connectivity index (χ3n) is 3.92. The van der Waals surface area contributed by atoms with Crippen LogP contribution in [0.15, 0.2) is 48.2 Å². The van der Waals surface area contributed by atoms with Crippen molar-refractivity contribution in [1.82, 2.24) is 10.2 Å². The quantitative estimate of drug-likeness (QED) is 0.449. The number of esters is 1. The molecule has 1 atom stereocenters. The number of nitrogens with one attached hydrogen (secondary N) is 1. The highest BCUT2D eigenvalue weighted by Crippen LogP contribution is 2.32. The van der Waals surface area contributed by atoms with E-state index in [1.165, 1.54) is 0 Å². The molecule has 1 aromatic carbocycles. The van der Waals surface area contributed by atoms with Crippen molar-refractivity contribution in [2.75, 3.05) is 19.8 Å². The van der Waals surface area contributed by atoms with Crippen molar-refractivity contribution in [1.29, 1.82) is 5.26 Å². The highest BCUT2D eigenvalue weighted by molar-refractivity contribution is 7.80. The number of hydrogen-bond donors (Lipinski definition) is 1. The van der Waals surface area contributed by atoms with Crippen LogP contribution in [0.25, 0.3) is 0 Å². The minimum absolute atomic E-state index is 0.0191. The van der Waals surface area contributed by atoms with Crippen LogP contribution in [0.5, 0.6) is 5.75 Å². The topological polar surface area (TPSA) is 74.6 Å². The summed E-state index contributed by atoms with van der Waals surface area (Å²) in [6, 6.07) is 8.68. The number of thiocarbonyl (C=S) groups is 1. The van der Waals surface area contributed by atoms with E-state index in [1.54, 1.807) is 25.1 Å². The maximum atomic E-state index is 12.6. The first kappa shape index (κ1) is 19.5. The Balaban J connectivity index is 2.41. The van der Waals surface area contributed by atoms with E-state index < -0.39 is 6.04 Å². The summed E-state index contributed by atoms with van der Waals surface area (Å²) in [5.41, 5.74) is 2.09. The minimum Gasteiger partial charge on any atom is -0.479 e. The number of hydrogen-bond acceptors (Lipinski definition) is 5. The van der Waals surface area contributed by atoms with Gasteiger partial charge in [0.2, 0.25) is 0 Å². The lowest BCUT2D eigenvalue weighted by atomic mass is 9.95. The summed E-state index contributed by atoms with van der Waals surface area (Å²) in [6.45, 7) is 8.12. The Labute approximate surface area is 158 Å². The molecular formula is C19H21N3O3S. The number of carbonyl (C=O) groups excluding carboxylic acids is 1. The molecule has 0 spiro atoms. The zero-order valence-corrected chi connectivity index (χ0v) is 15.6. The van der Waals surface area contributed by atoms with Crippen LogP contribution in [-0.4, -0.2) is 35.7 Å². The summed E-state index contributed by atoms with van der Waals surface area (Å²) in [4.78, 5) is 14.4. The SMILES string of the molecule is C=CCN1C(=S)N[C@H](c2ccc(OCC#N)cc2)C(C(=O)OCC)=C1C. The molecule has 0 aliphatic carbocycles. The lowest BCUT2D eigenvalue weighted by Gasteiger charge is -2.37. The van der Waals surface area contributed by atoms with Gasteiger partial charge in [-0.1, -0.05) is 18.2 Å². The predicted octanol–water partition coefficient (Wildman–Crippen LogP) is 2.84. The van der Waals surface area contributed by atoms with Gasteiger partial charge in [-0.3, -0.25) is 0 Å². The molecule has 0 amide bonds. The van der Waals surface area contributed by atoms with E-state index in [-0.39, 0.29) is 19.2 Å². The smallest absolute Gasteiger partial charge is 0.338 e. The maximum absolute atomic E-state index is 12.6. The molecule has 0 fully saturated rings. The summed E-state index contributed by atoms with van der Waals surface area (Å²) in [7, 11) is 0. The summed E-state index contributed by atoms with van der Waals surface area (Å²) in [6.07, 6.45) is 1.72. The van der Waals surface area contributed by atoms with Gasteiger partial charge in [0, 0.05) is 12.2 Å². The molecule has 0 saturated carbocycles. The van der Waals surface area contributed by atoms with Crippen LogP contribution in [0, 0.1) is 11.3 Å². The number of rotatable bonds is 7. The third kappa shape index (κ3) is 4.21. The van der Waals surface area contributed by atoms with Gasteiger partial charge in [-0.05, 0) is 43.8 Å². The van der Waals surface area contributed by atoms with Crippen molar-refractivity contribution in [2.45, 2.75) is 19.9 Å². The second kappa shape index (κ2) is 9.02. The highest BCUT2D eigenvalue weighted by Gasteiger charge is 2.34. The molecule has 1 aliphatic heterocycles. The summed E-state index contributed by atoms with van der Waals surface area (Å²) in [5, 5.41) is 12.3. The third-order valence-corrected chi connectivity index (χ3v) is 4.26. The second-order valence-electron chi connectivity index (χ2n) is 5.52. The van der Waals surface area contributed by atoms with Crippen molar-refractivity contribution in [3.8, 4) is 11.8 Å².